The van der Waals surface area contributed by atoms with Crippen molar-refractivity contribution in [1.82, 2.24) is 0 Å². The fourth-order valence-electron chi connectivity index (χ4n) is 4.62. The second-order valence-corrected chi connectivity index (χ2v) is 8.45. The lowest BCUT2D eigenvalue weighted by Crippen LogP contribution is -2.47. The zero-order valence-electron chi connectivity index (χ0n) is 17.2. The summed E-state index contributed by atoms with van der Waals surface area (Å²) in [5.41, 5.74) is 0. The minimum atomic E-state index is -1.58. The van der Waals surface area contributed by atoms with Crippen molar-refractivity contribution in [2.24, 2.45) is 11.8 Å². The first-order valence-electron chi connectivity index (χ1n) is 11.2. The molecule has 0 saturated heterocycles. The number of ether oxygens (including phenoxy) is 2. The summed E-state index contributed by atoms with van der Waals surface area (Å²) in [6.45, 7) is 5.30. The first-order valence-corrected chi connectivity index (χ1v) is 11.2. The summed E-state index contributed by atoms with van der Waals surface area (Å²) in [5, 5.41) is 0. The fraction of sp³-hybridized carbons (Fsp3) is 1.00. The van der Waals surface area contributed by atoms with E-state index in [1.165, 1.54) is 12.8 Å². The van der Waals surface area contributed by atoms with Gasteiger partial charge < -0.3 is 9.47 Å². The van der Waals surface area contributed by atoms with Crippen LogP contribution in [0.25, 0.3) is 0 Å². The van der Waals surface area contributed by atoms with Crippen molar-refractivity contribution in [3.63, 3.8) is 0 Å². The first kappa shape index (κ1) is 23.0. The van der Waals surface area contributed by atoms with Crippen molar-refractivity contribution < 1.29 is 22.6 Å². The van der Waals surface area contributed by atoms with Crippen molar-refractivity contribution in [2.45, 2.75) is 115 Å². The van der Waals surface area contributed by atoms with Gasteiger partial charge >= 0.3 is 0 Å². The van der Waals surface area contributed by atoms with E-state index in [4.69, 9.17) is 9.47 Å². The van der Waals surface area contributed by atoms with Crippen LogP contribution < -0.4 is 0 Å². The molecule has 7 unspecified atom stereocenters. The van der Waals surface area contributed by atoms with Gasteiger partial charge in [0.25, 0.3) is 0 Å². The highest BCUT2D eigenvalue weighted by atomic mass is 19.2. The van der Waals surface area contributed by atoms with Crippen LogP contribution in [0.4, 0.5) is 13.2 Å². The second-order valence-electron chi connectivity index (χ2n) is 8.45. The Kier molecular flexibility index (Phi) is 10.5. The lowest BCUT2D eigenvalue weighted by atomic mass is 9.70. The van der Waals surface area contributed by atoms with Gasteiger partial charge in [0.1, 0.15) is 12.3 Å². The molecular weight excluding hydrogens is 353 g/mol. The van der Waals surface area contributed by atoms with Gasteiger partial charge in [-0.1, -0.05) is 39.5 Å². The predicted molar refractivity (Wildman–Crippen MR) is 103 cm³/mol. The molecule has 0 aliphatic heterocycles. The highest BCUT2D eigenvalue weighted by Crippen LogP contribution is 2.42. The molecular formula is C22H39F3O2. The van der Waals surface area contributed by atoms with Crippen LogP contribution in [0.5, 0.6) is 0 Å². The van der Waals surface area contributed by atoms with Crippen LogP contribution >= 0.6 is 0 Å². The quantitative estimate of drug-likeness (QED) is 0.381. The number of alkyl halides is 3. The molecule has 2 nitrogen and oxygen atoms in total. The van der Waals surface area contributed by atoms with Crippen molar-refractivity contribution in [3.05, 3.63) is 0 Å². The average Bonchev–Trinajstić information content (AvgIpc) is 2.66. The minimum Gasteiger partial charge on any atom is -0.375 e. The van der Waals surface area contributed by atoms with Crippen molar-refractivity contribution in [3.8, 4) is 0 Å². The molecule has 160 valence electrons. The van der Waals surface area contributed by atoms with E-state index in [1.54, 1.807) is 0 Å². The van der Waals surface area contributed by atoms with Crippen LogP contribution in [0.15, 0.2) is 0 Å². The van der Waals surface area contributed by atoms with E-state index in [1.807, 2.05) is 6.92 Å². The van der Waals surface area contributed by atoms with Gasteiger partial charge in [-0.25, -0.2) is 13.2 Å². The molecule has 2 saturated carbocycles. The SMILES string of the molecule is CCCCCCOC1CCC(C2CCC(OCCCC)C(F)C2F)CC1F. The summed E-state index contributed by atoms with van der Waals surface area (Å²) in [4.78, 5) is 0. The molecule has 0 bridgehead atoms. The van der Waals surface area contributed by atoms with E-state index in [0.717, 1.165) is 32.1 Å². The van der Waals surface area contributed by atoms with Crippen LogP contribution in [0, 0.1) is 11.8 Å². The summed E-state index contributed by atoms with van der Waals surface area (Å²) in [5.74, 6) is -0.459. The third-order valence-electron chi connectivity index (χ3n) is 6.37. The maximum atomic E-state index is 14.7. The van der Waals surface area contributed by atoms with Gasteiger partial charge in [0, 0.05) is 13.2 Å². The molecule has 2 rings (SSSR count). The maximum Gasteiger partial charge on any atom is 0.157 e. The van der Waals surface area contributed by atoms with Gasteiger partial charge in [0.05, 0.1) is 12.2 Å². The van der Waals surface area contributed by atoms with E-state index in [2.05, 4.69) is 6.92 Å². The largest absolute Gasteiger partial charge is 0.375 e. The molecule has 2 aliphatic carbocycles. The third kappa shape index (κ3) is 6.92. The maximum absolute atomic E-state index is 14.7. The highest BCUT2D eigenvalue weighted by molar-refractivity contribution is 4.95. The first-order chi connectivity index (χ1) is 13.1. The Morgan fingerprint density at radius 3 is 2.07 bits per heavy atom. The van der Waals surface area contributed by atoms with Crippen LogP contribution in [0.1, 0.15) is 84.5 Å². The van der Waals surface area contributed by atoms with E-state index in [0.29, 0.717) is 38.9 Å². The van der Waals surface area contributed by atoms with E-state index in [-0.39, 0.29) is 17.9 Å². The molecule has 2 fully saturated rings. The number of halogens is 3. The standard InChI is InChI=1S/C22H39F3O2/c1-3-5-7-8-14-26-19-11-9-16(15-18(19)23)17-10-12-20(22(25)21(17)24)27-13-6-4-2/h16-22H,3-15H2,1-2H3. The molecule has 0 N–H and O–H groups in total. The average molecular weight is 393 g/mol. The molecule has 27 heavy (non-hydrogen) atoms. The number of rotatable bonds is 11. The van der Waals surface area contributed by atoms with Crippen LogP contribution in [0.2, 0.25) is 0 Å². The Hall–Kier alpha value is -0.290. The molecule has 0 radical (unpaired) electrons. The zero-order chi connectivity index (χ0) is 19.6. The van der Waals surface area contributed by atoms with Gasteiger partial charge in [-0.15, -0.1) is 0 Å². The number of unbranched alkanes of at least 4 members (excludes halogenated alkanes) is 4. The molecule has 0 aromatic rings. The third-order valence-corrected chi connectivity index (χ3v) is 6.37. The van der Waals surface area contributed by atoms with Crippen LogP contribution in [-0.2, 0) is 9.47 Å². The van der Waals surface area contributed by atoms with Crippen molar-refractivity contribution in [1.29, 1.82) is 0 Å². The Morgan fingerprint density at radius 1 is 0.704 bits per heavy atom. The monoisotopic (exact) mass is 392 g/mol. The highest BCUT2D eigenvalue weighted by Gasteiger charge is 2.46. The zero-order valence-corrected chi connectivity index (χ0v) is 17.2. The van der Waals surface area contributed by atoms with E-state index < -0.39 is 24.6 Å². The summed E-state index contributed by atoms with van der Waals surface area (Å²) in [6, 6.07) is 0. The Labute approximate surface area is 163 Å². The van der Waals surface area contributed by atoms with Gasteiger partial charge in [0.15, 0.2) is 6.17 Å². The summed E-state index contributed by atoms with van der Waals surface area (Å²) < 4.78 is 55.1. The normalized spacial score (nSPS) is 37.4. The molecule has 0 amide bonds. The minimum absolute atomic E-state index is 0.0789. The molecule has 0 aromatic heterocycles. The Balaban J connectivity index is 1.74. The van der Waals surface area contributed by atoms with Gasteiger partial charge in [-0.2, -0.15) is 0 Å². The lowest BCUT2D eigenvalue weighted by Gasteiger charge is -2.42. The molecule has 0 spiro atoms. The van der Waals surface area contributed by atoms with Crippen LogP contribution in [0.3, 0.4) is 0 Å². The topological polar surface area (TPSA) is 18.5 Å². The van der Waals surface area contributed by atoms with Gasteiger partial charge in [-0.3, -0.25) is 0 Å². The summed E-state index contributed by atoms with van der Waals surface area (Å²) in [7, 11) is 0. The van der Waals surface area contributed by atoms with E-state index in [9.17, 15) is 13.2 Å². The number of hydrogen-bond donors (Lipinski definition) is 0. The van der Waals surface area contributed by atoms with Crippen molar-refractivity contribution >= 4 is 0 Å². The van der Waals surface area contributed by atoms with Gasteiger partial charge in [-0.05, 0) is 56.8 Å². The van der Waals surface area contributed by atoms with Crippen molar-refractivity contribution in [2.75, 3.05) is 13.2 Å². The smallest absolute Gasteiger partial charge is 0.157 e. The Morgan fingerprint density at radius 2 is 1.37 bits per heavy atom. The molecule has 5 heteroatoms. The number of hydrogen-bond acceptors (Lipinski definition) is 2. The molecule has 0 aromatic carbocycles. The van der Waals surface area contributed by atoms with Gasteiger partial charge in [0.2, 0.25) is 0 Å². The molecule has 2 aliphatic rings. The Bertz CT molecular complexity index is 396. The van der Waals surface area contributed by atoms with E-state index >= 15 is 0 Å². The van der Waals surface area contributed by atoms with Crippen LogP contribution in [-0.4, -0.2) is 43.9 Å². The lowest BCUT2D eigenvalue weighted by molar-refractivity contribution is -0.0996. The second kappa shape index (κ2) is 12.3. The molecule has 0 heterocycles. The summed E-state index contributed by atoms with van der Waals surface area (Å²) >= 11 is 0. The predicted octanol–water partition coefficient (Wildman–Crippen LogP) is 6.36. The summed E-state index contributed by atoms with van der Waals surface area (Å²) in [6.07, 6.45) is 3.93. The molecule has 7 atom stereocenters. The fourth-order valence-corrected chi connectivity index (χ4v) is 4.62.